The molecule has 0 fully saturated rings. The molecule has 1 heterocycles. The third kappa shape index (κ3) is 4.81. The molecular weight excluding hydrogens is 409 g/mol. The lowest BCUT2D eigenvalue weighted by Crippen LogP contribution is -2.04. The number of non-ortho nitro benzene ring substituents is 1. The summed E-state index contributed by atoms with van der Waals surface area (Å²) in [6, 6.07) is 23.7. The fourth-order valence-electron chi connectivity index (χ4n) is 3.07. The van der Waals surface area contributed by atoms with Gasteiger partial charge in [-0.15, -0.1) is 0 Å². The average Bonchev–Trinajstić information content (AvgIpc) is 2.83. The lowest BCUT2D eigenvalue weighted by Gasteiger charge is -2.09. The van der Waals surface area contributed by atoms with E-state index in [2.05, 4.69) is 20.5 Å². The predicted octanol–water partition coefficient (Wildman–Crippen LogP) is 5.69. The van der Waals surface area contributed by atoms with Gasteiger partial charge >= 0.3 is 0 Å². The Kier molecular flexibility index (Phi) is 5.94. The molecule has 0 radical (unpaired) electrons. The summed E-state index contributed by atoms with van der Waals surface area (Å²) in [7, 11) is 0. The van der Waals surface area contributed by atoms with Crippen LogP contribution < -0.4 is 5.43 Å². The van der Waals surface area contributed by atoms with Crippen molar-refractivity contribution in [3.05, 3.63) is 106 Å². The van der Waals surface area contributed by atoms with Crippen LogP contribution in [-0.2, 0) is 0 Å². The van der Waals surface area contributed by atoms with Gasteiger partial charge in [-0.2, -0.15) is 5.10 Å². The summed E-state index contributed by atoms with van der Waals surface area (Å²) in [5.41, 5.74) is 6.86. The lowest BCUT2D eigenvalue weighted by atomic mass is 10.1. The highest BCUT2D eigenvalue weighted by Crippen LogP contribution is 2.25. The third-order valence-corrected chi connectivity index (χ3v) is 4.73. The molecule has 0 aliphatic carbocycles. The minimum Gasteiger partial charge on any atom is -0.258 e. The molecule has 158 valence electrons. The smallest absolute Gasteiger partial charge is 0.258 e. The van der Waals surface area contributed by atoms with Gasteiger partial charge in [0.05, 0.1) is 22.0 Å². The monoisotopic (exact) mass is 427 g/mol. The van der Waals surface area contributed by atoms with Crippen molar-refractivity contribution in [1.82, 2.24) is 9.97 Å². The van der Waals surface area contributed by atoms with Crippen LogP contribution in [0.3, 0.4) is 0 Å². The normalized spacial score (nSPS) is 11.2. The molecule has 0 unspecified atom stereocenters. The molecule has 7 nitrogen and oxygen atoms in total. The summed E-state index contributed by atoms with van der Waals surface area (Å²) in [4.78, 5) is 19.6. The molecule has 0 saturated heterocycles. The molecule has 1 aromatic heterocycles. The van der Waals surface area contributed by atoms with Crippen molar-refractivity contribution >= 4 is 17.3 Å². The Morgan fingerprint density at radius 1 is 0.906 bits per heavy atom. The second kappa shape index (κ2) is 9.13. The predicted molar refractivity (Wildman–Crippen MR) is 122 cm³/mol. The van der Waals surface area contributed by atoms with E-state index in [1.807, 2.05) is 36.4 Å². The summed E-state index contributed by atoms with van der Waals surface area (Å²) < 4.78 is 13.4. The second-order valence-corrected chi connectivity index (χ2v) is 6.95. The van der Waals surface area contributed by atoms with Crippen molar-refractivity contribution in [2.45, 2.75) is 6.92 Å². The molecule has 8 heteroatoms. The van der Waals surface area contributed by atoms with E-state index in [-0.39, 0.29) is 17.5 Å². The summed E-state index contributed by atoms with van der Waals surface area (Å²) in [6.45, 7) is 1.73. The van der Waals surface area contributed by atoms with Gasteiger partial charge in [-0.1, -0.05) is 42.5 Å². The fraction of sp³-hybridized carbons (Fsp3) is 0.0417. The molecule has 0 bridgehead atoms. The fourth-order valence-corrected chi connectivity index (χ4v) is 3.07. The molecule has 0 aliphatic rings. The zero-order chi connectivity index (χ0) is 22.5. The Morgan fingerprint density at radius 2 is 1.56 bits per heavy atom. The zero-order valence-corrected chi connectivity index (χ0v) is 17.1. The summed E-state index contributed by atoms with van der Waals surface area (Å²) >= 11 is 0. The van der Waals surface area contributed by atoms with Gasteiger partial charge < -0.3 is 0 Å². The highest BCUT2D eigenvalue weighted by Gasteiger charge is 2.10. The molecule has 4 rings (SSSR count). The summed E-state index contributed by atoms with van der Waals surface area (Å²) in [6.07, 6.45) is 0. The van der Waals surface area contributed by atoms with Crippen molar-refractivity contribution in [3.8, 4) is 22.5 Å². The van der Waals surface area contributed by atoms with Gasteiger partial charge in [-0.05, 0) is 37.3 Å². The Hall–Kier alpha value is -4.46. The van der Waals surface area contributed by atoms with Gasteiger partial charge in [0, 0.05) is 28.8 Å². The topological polar surface area (TPSA) is 93.3 Å². The maximum atomic E-state index is 13.4. The number of hydrogen-bond donors (Lipinski definition) is 1. The molecule has 0 amide bonds. The summed E-state index contributed by atoms with van der Waals surface area (Å²) in [5.74, 6) is -0.0860. The van der Waals surface area contributed by atoms with Crippen LogP contribution >= 0.6 is 0 Å². The number of hydrazone groups is 1. The minimum absolute atomic E-state index is 0.0158. The Morgan fingerprint density at radius 3 is 2.22 bits per heavy atom. The van der Waals surface area contributed by atoms with Crippen molar-refractivity contribution in [2.75, 3.05) is 5.43 Å². The quantitative estimate of drug-likeness (QED) is 0.242. The number of hydrogen-bond acceptors (Lipinski definition) is 6. The molecule has 3 aromatic carbocycles. The molecular formula is C24H18FN5O2. The Bertz CT molecular complexity index is 1290. The Balaban J connectivity index is 1.70. The summed E-state index contributed by atoms with van der Waals surface area (Å²) in [5, 5.41) is 15.3. The van der Waals surface area contributed by atoms with E-state index in [0.29, 0.717) is 22.7 Å². The molecule has 32 heavy (non-hydrogen) atoms. The van der Waals surface area contributed by atoms with Crippen molar-refractivity contribution in [3.63, 3.8) is 0 Å². The van der Waals surface area contributed by atoms with E-state index in [4.69, 9.17) is 0 Å². The number of halogens is 1. The number of rotatable bonds is 6. The number of nitrogens with zero attached hydrogens (tertiary/aromatic N) is 4. The van der Waals surface area contributed by atoms with Crippen LogP contribution in [-0.4, -0.2) is 20.6 Å². The van der Waals surface area contributed by atoms with E-state index in [9.17, 15) is 14.5 Å². The van der Waals surface area contributed by atoms with Crippen LogP contribution in [0.2, 0.25) is 0 Å². The number of nitro benzene ring substituents is 1. The van der Waals surface area contributed by atoms with Gasteiger partial charge in [0.15, 0.2) is 0 Å². The van der Waals surface area contributed by atoms with Crippen LogP contribution in [0.15, 0.2) is 90.0 Å². The molecule has 0 saturated carbocycles. The van der Waals surface area contributed by atoms with Crippen molar-refractivity contribution in [1.29, 1.82) is 0 Å². The third-order valence-electron chi connectivity index (χ3n) is 4.73. The van der Waals surface area contributed by atoms with Gasteiger partial charge in [-0.25, -0.2) is 19.8 Å². The number of aromatic nitrogens is 2. The van der Waals surface area contributed by atoms with Crippen molar-refractivity contribution in [2.24, 2.45) is 5.10 Å². The van der Waals surface area contributed by atoms with Crippen LogP contribution in [0, 0.1) is 15.9 Å². The SMILES string of the molecule is CC(=NNc1nc(-c2ccccc2)cc(-c2ccc(F)cc2)n1)c1cccc([N+](=O)[O-])c1. The van der Waals surface area contributed by atoms with E-state index in [1.54, 1.807) is 31.2 Å². The highest BCUT2D eigenvalue weighted by atomic mass is 19.1. The zero-order valence-electron chi connectivity index (χ0n) is 17.1. The molecule has 0 aliphatic heterocycles. The number of nitrogens with one attached hydrogen (secondary N) is 1. The lowest BCUT2D eigenvalue weighted by molar-refractivity contribution is -0.384. The van der Waals surface area contributed by atoms with Crippen LogP contribution in [0.5, 0.6) is 0 Å². The average molecular weight is 427 g/mol. The molecule has 0 spiro atoms. The molecule has 1 N–H and O–H groups in total. The largest absolute Gasteiger partial charge is 0.270 e. The van der Waals surface area contributed by atoms with Crippen LogP contribution in [0.1, 0.15) is 12.5 Å². The van der Waals surface area contributed by atoms with Crippen molar-refractivity contribution < 1.29 is 9.31 Å². The van der Waals surface area contributed by atoms with E-state index in [1.165, 1.54) is 24.3 Å². The van der Waals surface area contributed by atoms with Gasteiger partial charge in [0.2, 0.25) is 5.95 Å². The van der Waals surface area contributed by atoms with Gasteiger partial charge in [0.1, 0.15) is 5.82 Å². The van der Waals surface area contributed by atoms with E-state index >= 15 is 0 Å². The second-order valence-electron chi connectivity index (χ2n) is 6.95. The van der Waals surface area contributed by atoms with Gasteiger partial charge in [-0.3, -0.25) is 10.1 Å². The minimum atomic E-state index is -0.453. The van der Waals surface area contributed by atoms with E-state index in [0.717, 1.165) is 11.1 Å². The highest BCUT2D eigenvalue weighted by molar-refractivity contribution is 5.99. The number of nitro groups is 1. The molecule has 4 aromatic rings. The number of benzene rings is 3. The maximum Gasteiger partial charge on any atom is 0.270 e. The van der Waals surface area contributed by atoms with Crippen LogP contribution in [0.25, 0.3) is 22.5 Å². The molecule has 0 atom stereocenters. The first kappa shape index (κ1) is 20.8. The first-order valence-corrected chi connectivity index (χ1v) is 9.75. The first-order valence-electron chi connectivity index (χ1n) is 9.75. The van der Waals surface area contributed by atoms with Crippen LogP contribution in [0.4, 0.5) is 16.0 Å². The first-order chi connectivity index (χ1) is 15.5. The van der Waals surface area contributed by atoms with E-state index < -0.39 is 4.92 Å². The maximum absolute atomic E-state index is 13.4. The Labute approximate surface area is 183 Å². The standard InChI is InChI=1S/C24H18FN5O2/c1-16(19-8-5-9-21(14-19)30(31)32)28-29-24-26-22(17-6-3-2-4-7-17)15-23(27-24)18-10-12-20(25)13-11-18/h2-15H,1H3,(H,26,27,29). The number of anilines is 1. The van der Waals surface area contributed by atoms with Gasteiger partial charge in [0.25, 0.3) is 5.69 Å².